The SMILES string of the molecule is CCOc1ccc2c(c1)CC(C(=O)N1CCNCC1c1ccccc1OC)CO2. The Kier molecular flexibility index (Phi) is 5.90. The number of para-hydroxylation sites is 1. The molecule has 6 nitrogen and oxygen atoms in total. The summed E-state index contributed by atoms with van der Waals surface area (Å²) in [5.74, 6) is 2.41. The van der Waals surface area contributed by atoms with Gasteiger partial charge in [-0.15, -0.1) is 0 Å². The van der Waals surface area contributed by atoms with Crippen molar-refractivity contribution in [2.75, 3.05) is 40.0 Å². The van der Waals surface area contributed by atoms with Crippen LogP contribution in [0.4, 0.5) is 0 Å². The van der Waals surface area contributed by atoms with Crippen LogP contribution in [0, 0.1) is 5.92 Å². The molecule has 2 aliphatic rings. The van der Waals surface area contributed by atoms with Gasteiger partial charge in [0.25, 0.3) is 0 Å². The fourth-order valence-corrected chi connectivity index (χ4v) is 4.21. The summed E-state index contributed by atoms with van der Waals surface area (Å²) in [6.45, 7) is 5.15. The molecule has 0 spiro atoms. The van der Waals surface area contributed by atoms with Crippen molar-refractivity contribution >= 4 is 5.91 Å². The molecule has 2 unspecified atom stereocenters. The highest BCUT2D eigenvalue weighted by molar-refractivity contribution is 5.80. The third-order valence-corrected chi connectivity index (χ3v) is 5.62. The number of methoxy groups -OCH3 is 1. The van der Waals surface area contributed by atoms with Crippen LogP contribution in [0.15, 0.2) is 42.5 Å². The fourth-order valence-electron chi connectivity index (χ4n) is 4.21. The summed E-state index contributed by atoms with van der Waals surface area (Å²) in [5, 5.41) is 3.41. The van der Waals surface area contributed by atoms with Gasteiger partial charge in [-0.25, -0.2) is 0 Å². The Labute approximate surface area is 171 Å². The van der Waals surface area contributed by atoms with E-state index in [4.69, 9.17) is 14.2 Å². The largest absolute Gasteiger partial charge is 0.496 e. The summed E-state index contributed by atoms with van der Waals surface area (Å²) in [4.78, 5) is 15.5. The van der Waals surface area contributed by atoms with E-state index in [0.717, 1.165) is 34.9 Å². The zero-order valence-corrected chi connectivity index (χ0v) is 17.0. The smallest absolute Gasteiger partial charge is 0.230 e. The van der Waals surface area contributed by atoms with Crippen molar-refractivity contribution < 1.29 is 19.0 Å². The van der Waals surface area contributed by atoms with Crippen molar-refractivity contribution in [3.63, 3.8) is 0 Å². The number of rotatable bonds is 5. The number of benzene rings is 2. The average molecular weight is 396 g/mol. The zero-order valence-electron chi connectivity index (χ0n) is 17.0. The first-order valence-electron chi connectivity index (χ1n) is 10.2. The third kappa shape index (κ3) is 4.03. The average Bonchev–Trinajstić information content (AvgIpc) is 2.78. The van der Waals surface area contributed by atoms with Gasteiger partial charge >= 0.3 is 0 Å². The molecule has 1 N–H and O–H groups in total. The molecule has 154 valence electrons. The molecule has 2 aromatic carbocycles. The Morgan fingerprint density at radius 3 is 2.97 bits per heavy atom. The molecule has 0 aromatic heterocycles. The molecule has 2 heterocycles. The molecule has 4 rings (SSSR count). The summed E-state index contributed by atoms with van der Waals surface area (Å²) < 4.78 is 17.1. The van der Waals surface area contributed by atoms with Crippen LogP contribution in [0.3, 0.4) is 0 Å². The lowest BCUT2D eigenvalue weighted by Crippen LogP contribution is -2.52. The van der Waals surface area contributed by atoms with Crippen molar-refractivity contribution in [1.29, 1.82) is 0 Å². The standard InChI is InChI=1S/C23H28N2O4/c1-3-28-18-8-9-21-16(13-18)12-17(15-29-21)23(26)25-11-10-24-14-20(25)19-6-4-5-7-22(19)27-2/h4-9,13,17,20,24H,3,10-12,14-15H2,1-2H3. The number of amides is 1. The Bertz CT molecular complexity index is 870. The van der Waals surface area contributed by atoms with Crippen molar-refractivity contribution in [2.45, 2.75) is 19.4 Å². The molecule has 2 aliphatic heterocycles. The van der Waals surface area contributed by atoms with Crippen LogP contribution in [0.1, 0.15) is 24.1 Å². The summed E-state index contributed by atoms with van der Waals surface area (Å²) in [5.41, 5.74) is 2.07. The maximum absolute atomic E-state index is 13.5. The minimum absolute atomic E-state index is 0.0523. The molecule has 0 radical (unpaired) electrons. The van der Waals surface area contributed by atoms with Gasteiger partial charge in [-0.3, -0.25) is 4.79 Å². The lowest BCUT2D eigenvalue weighted by molar-refractivity contribution is -0.140. The summed E-state index contributed by atoms with van der Waals surface area (Å²) in [7, 11) is 1.67. The Hall–Kier alpha value is -2.73. The second-order valence-electron chi connectivity index (χ2n) is 7.41. The van der Waals surface area contributed by atoms with Crippen LogP contribution in [0.5, 0.6) is 17.2 Å². The molecule has 0 saturated carbocycles. The molecule has 6 heteroatoms. The number of hydrogen-bond acceptors (Lipinski definition) is 5. The normalized spacial score (nSPS) is 21.1. The van der Waals surface area contributed by atoms with E-state index < -0.39 is 0 Å². The first-order valence-corrected chi connectivity index (χ1v) is 10.2. The Morgan fingerprint density at radius 2 is 2.14 bits per heavy atom. The molecule has 1 amide bonds. The first-order chi connectivity index (χ1) is 14.2. The molecule has 0 bridgehead atoms. The number of hydrogen-bond donors (Lipinski definition) is 1. The quantitative estimate of drug-likeness (QED) is 0.842. The lowest BCUT2D eigenvalue weighted by Gasteiger charge is -2.39. The summed E-state index contributed by atoms with van der Waals surface area (Å²) in [6.07, 6.45) is 0.664. The van der Waals surface area contributed by atoms with E-state index in [0.29, 0.717) is 32.7 Å². The van der Waals surface area contributed by atoms with Gasteiger partial charge in [0.15, 0.2) is 0 Å². The van der Waals surface area contributed by atoms with Gasteiger partial charge < -0.3 is 24.4 Å². The number of carbonyl (C=O) groups excluding carboxylic acids is 1. The minimum Gasteiger partial charge on any atom is -0.496 e. The molecule has 1 fully saturated rings. The van der Waals surface area contributed by atoms with Crippen molar-refractivity contribution in [3.8, 4) is 17.2 Å². The van der Waals surface area contributed by atoms with Crippen molar-refractivity contribution in [3.05, 3.63) is 53.6 Å². The molecule has 2 atom stereocenters. The Balaban J connectivity index is 1.55. The molecule has 0 aliphatic carbocycles. The van der Waals surface area contributed by atoms with Crippen LogP contribution in [-0.2, 0) is 11.2 Å². The van der Waals surface area contributed by atoms with Gasteiger partial charge in [-0.1, -0.05) is 18.2 Å². The van der Waals surface area contributed by atoms with E-state index in [1.807, 2.05) is 54.3 Å². The van der Waals surface area contributed by atoms with Crippen LogP contribution in [-0.4, -0.2) is 50.8 Å². The monoisotopic (exact) mass is 396 g/mol. The maximum atomic E-state index is 13.5. The third-order valence-electron chi connectivity index (χ3n) is 5.62. The highest BCUT2D eigenvalue weighted by atomic mass is 16.5. The van der Waals surface area contributed by atoms with Crippen LogP contribution in [0.2, 0.25) is 0 Å². The van der Waals surface area contributed by atoms with Gasteiger partial charge in [0, 0.05) is 25.2 Å². The highest BCUT2D eigenvalue weighted by Gasteiger charge is 2.36. The molecule has 2 aromatic rings. The number of nitrogens with zero attached hydrogens (tertiary/aromatic N) is 1. The second kappa shape index (κ2) is 8.74. The van der Waals surface area contributed by atoms with Gasteiger partial charge in [0.2, 0.25) is 5.91 Å². The fraction of sp³-hybridized carbons (Fsp3) is 0.435. The Morgan fingerprint density at radius 1 is 1.28 bits per heavy atom. The van der Waals surface area contributed by atoms with Gasteiger partial charge in [0.1, 0.15) is 23.9 Å². The van der Waals surface area contributed by atoms with E-state index in [1.54, 1.807) is 7.11 Å². The number of ether oxygens (including phenoxy) is 3. The van der Waals surface area contributed by atoms with Gasteiger partial charge in [-0.2, -0.15) is 0 Å². The van der Waals surface area contributed by atoms with Crippen molar-refractivity contribution in [1.82, 2.24) is 10.2 Å². The zero-order chi connectivity index (χ0) is 20.2. The predicted octanol–water partition coefficient (Wildman–Crippen LogP) is 2.82. The van der Waals surface area contributed by atoms with Gasteiger partial charge in [0.05, 0.1) is 25.7 Å². The second-order valence-corrected chi connectivity index (χ2v) is 7.41. The number of carbonyl (C=O) groups is 1. The minimum atomic E-state index is -0.199. The van der Waals surface area contributed by atoms with Crippen LogP contribution in [0.25, 0.3) is 0 Å². The predicted molar refractivity (Wildman–Crippen MR) is 111 cm³/mol. The van der Waals surface area contributed by atoms with Gasteiger partial charge in [-0.05, 0) is 43.2 Å². The van der Waals surface area contributed by atoms with Crippen LogP contribution < -0.4 is 19.5 Å². The van der Waals surface area contributed by atoms with E-state index in [-0.39, 0.29) is 17.9 Å². The molecule has 1 saturated heterocycles. The maximum Gasteiger partial charge on any atom is 0.230 e. The lowest BCUT2D eigenvalue weighted by atomic mass is 9.93. The van der Waals surface area contributed by atoms with E-state index in [2.05, 4.69) is 5.32 Å². The molecular formula is C23H28N2O4. The molecular weight excluding hydrogens is 368 g/mol. The number of fused-ring (bicyclic) bond motifs is 1. The van der Waals surface area contributed by atoms with E-state index in [1.165, 1.54) is 0 Å². The highest BCUT2D eigenvalue weighted by Crippen LogP contribution is 2.35. The summed E-state index contributed by atoms with van der Waals surface area (Å²) >= 11 is 0. The topological polar surface area (TPSA) is 60.0 Å². The van der Waals surface area contributed by atoms with Crippen molar-refractivity contribution in [2.24, 2.45) is 5.92 Å². The van der Waals surface area contributed by atoms with E-state index >= 15 is 0 Å². The van der Waals surface area contributed by atoms with Crippen LogP contribution >= 0.6 is 0 Å². The first kappa shape index (κ1) is 19.6. The summed E-state index contributed by atoms with van der Waals surface area (Å²) in [6, 6.07) is 13.7. The molecule has 29 heavy (non-hydrogen) atoms. The van der Waals surface area contributed by atoms with E-state index in [9.17, 15) is 4.79 Å². The number of piperazine rings is 1. The number of nitrogens with one attached hydrogen (secondary N) is 1.